The summed E-state index contributed by atoms with van der Waals surface area (Å²) in [7, 11) is 0. The summed E-state index contributed by atoms with van der Waals surface area (Å²) in [5.74, 6) is 0. The molecule has 0 spiro atoms. The zero-order valence-corrected chi connectivity index (χ0v) is 7.89. The molecular formula is C8H10N4O3. The van der Waals surface area contributed by atoms with Crippen molar-refractivity contribution in [1.29, 1.82) is 0 Å². The van der Waals surface area contributed by atoms with Crippen molar-refractivity contribution >= 4 is 6.40 Å². The third-order valence-electron chi connectivity index (χ3n) is 1.12. The van der Waals surface area contributed by atoms with E-state index in [-0.39, 0.29) is 0 Å². The van der Waals surface area contributed by atoms with E-state index >= 15 is 0 Å². The number of aliphatic imine (C=N–C) groups is 1. The van der Waals surface area contributed by atoms with E-state index in [0.29, 0.717) is 0 Å². The number of aromatic nitrogens is 3. The molecule has 80 valence electrons. The van der Waals surface area contributed by atoms with Gasteiger partial charge >= 0.3 is 0 Å². The predicted octanol–water partition coefficient (Wildman–Crippen LogP) is 0.789. The maximum Gasteiger partial charge on any atom is 0.180 e. The molecule has 0 saturated carbocycles. The fourth-order valence-electron chi connectivity index (χ4n) is 0.575. The Bertz CT molecular complexity index is 253. The van der Waals surface area contributed by atoms with Crippen molar-refractivity contribution in [2.24, 2.45) is 4.99 Å². The Morgan fingerprint density at radius 2 is 2.13 bits per heavy atom. The summed E-state index contributed by atoms with van der Waals surface area (Å²) in [6, 6.07) is 0. The first-order valence-corrected chi connectivity index (χ1v) is 4.13. The summed E-state index contributed by atoms with van der Waals surface area (Å²) in [5.41, 5.74) is 0. The normalized spacial score (nSPS) is 11.7. The summed E-state index contributed by atoms with van der Waals surface area (Å²) in [4.78, 5) is 7.29. The Balaban J connectivity index is 0.000000112. The number of rotatable bonds is 0. The lowest BCUT2D eigenvalue weighted by Gasteiger charge is -1.76. The zero-order valence-electron chi connectivity index (χ0n) is 7.89. The minimum Gasteiger partial charge on any atom is -0.482 e. The second kappa shape index (κ2) is 8.42. The minimum absolute atomic E-state index is 0.778. The molecule has 15 heavy (non-hydrogen) atoms. The van der Waals surface area contributed by atoms with Gasteiger partial charge in [-0.2, -0.15) is 0 Å². The summed E-state index contributed by atoms with van der Waals surface area (Å²) >= 11 is 0. The molecule has 7 heteroatoms. The van der Waals surface area contributed by atoms with Crippen LogP contribution in [0.1, 0.15) is 0 Å². The molecule has 0 radical (unpaired) electrons. The first kappa shape index (κ1) is 10.9. The van der Waals surface area contributed by atoms with Crippen LogP contribution in [0.3, 0.4) is 0 Å². The Morgan fingerprint density at radius 1 is 1.13 bits per heavy atom. The van der Waals surface area contributed by atoms with Crippen molar-refractivity contribution in [3.63, 3.8) is 0 Å². The predicted molar refractivity (Wildman–Crippen MR) is 50.1 cm³/mol. The Hall–Kier alpha value is -2.18. The first-order valence-electron chi connectivity index (χ1n) is 4.13. The van der Waals surface area contributed by atoms with Crippen LogP contribution in [0.15, 0.2) is 45.2 Å². The molecular weight excluding hydrogens is 200 g/mol. The van der Waals surface area contributed by atoms with Gasteiger partial charge in [0.15, 0.2) is 12.8 Å². The van der Waals surface area contributed by atoms with E-state index in [4.69, 9.17) is 0 Å². The molecule has 0 aliphatic carbocycles. The van der Waals surface area contributed by atoms with Gasteiger partial charge in [0, 0.05) is 5.27 Å². The van der Waals surface area contributed by atoms with Gasteiger partial charge < -0.3 is 13.7 Å². The van der Waals surface area contributed by atoms with Gasteiger partial charge in [-0.3, -0.25) is 4.99 Å². The highest BCUT2D eigenvalue weighted by atomic mass is 16.5. The quantitative estimate of drug-likeness (QED) is 0.638. The molecule has 7 nitrogen and oxygen atoms in total. The molecule has 1 aliphatic heterocycles. The molecule has 0 saturated heterocycles. The van der Waals surface area contributed by atoms with Crippen LogP contribution in [-0.2, 0) is 4.74 Å². The fraction of sp³-hybridized carbons (Fsp3) is 0.250. The molecule has 0 bridgehead atoms. The topological polar surface area (TPSA) is 86.5 Å². The van der Waals surface area contributed by atoms with Crippen molar-refractivity contribution in [1.82, 2.24) is 15.4 Å². The van der Waals surface area contributed by atoms with Gasteiger partial charge in [0.1, 0.15) is 19.1 Å². The van der Waals surface area contributed by atoms with Gasteiger partial charge in [-0.15, -0.1) is 5.10 Å². The molecule has 1 aliphatic rings. The molecule has 0 N–H and O–H groups in total. The molecule has 2 aromatic rings. The molecule has 0 unspecified atom stereocenters. The van der Waals surface area contributed by atoms with Crippen LogP contribution in [0.25, 0.3) is 0 Å². The van der Waals surface area contributed by atoms with Crippen molar-refractivity contribution in [3.8, 4) is 0 Å². The third kappa shape index (κ3) is 6.94. The summed E-state index contributed by atoms with van der Waals surface area (Å²) in [5, 5.41) is 6.40. The van der Waals surface area contributed by atoms with E-state index in [1.54, 1.807) is 6.20 Å². The van der Waals surface area contributed by atoms with E-state index in [0.717, 1.165) is 13.2 Å². The van der Waals surface area contributed by atoms with Crippen molar-refractivity contribution < 1.29 is 13.7 Å². The van der Waals surface area contributed by atoms with Gasteiger partial charge in [0.25, 0.3) is 0 Å². The highest BCUT2D eigenvalue weighted by molar-refractivity contribution is 5.47. The fourth-order valence-corrected chi connectivity index (χ4v) is 0.575. The highest BCUT2D eigenvalue weighted by Crippen LogP contribution is 1.78. The smallest absolute Gasteiger partial charge is 0.180 e. The Kier molecular flexibility index (Phi) is 6.12. The van der Waals surface area contributed by atoms with Crippen LogP contribution in [-0.4, -0.2) is 34.9 Å². The number of hydrogen-bond donors (Lipinski definition) is 0. The number of hydrogen-bond acceptors (Lipinski definition) is 7. The third-order valence-corrected chi connectivity index (χ3v) is 1.12. The van der Waals surface area contributed by atoms with Gasteiger partial charge in [-0.05, 0) is 0 Å². The minimum atomic E-state index is 0.778. The second-order valence-corrected chi connectivity index (χ2v) is 2.15. The Labute approximate surface area is 85.8 Å². The molecule has 3 rings (SSSR count). The number of nitrogens with zero attached hydrogens (tertiary/aromatic N) is 4. The summed E-state index contributed by atoms with van der Waals surface area (Å²) in [6.45, 7) is 1.62. The van der Waals surface area contributed by atoms with Crippen molar-refractivity contribution in [2.75, 3.05) is 13.2 Å². The van der Waals surface area contributed by atoms with Crippen LogP contribution < -0.4 is 0 Å². The van der Waals surface area contributed by atoms with E-state index in [2.05, 4.69) is 34.0 Å². The van der Waals surface area contributed by atoms with Crippen molar-refractivity contribution in [3.05, 3.63) is 31.3 Å². The highest BCUT2D eigenvalue weighted by Gasteiger charge is 1.84. The maximum absolute atomic E-state index is 4.65. The van der Waals surface area contributed by atoms with Crippen LogP contribution in [0.4, 0.5) is 0 Å². The standard InChI is InChI=1S/C3H5NO.C3H3NO.C2H2N2O/c2*1-2-5-3-4-1;1-2-5-4-3-1/h3H,1-2H2;1-3H;1-2H. The molecule has 0 atom stereocenters. The maximum atomic E-state index is 4.65. The Morgan fingerprint density at radius 3 is 2.33 bits per heavy atom. The average molecular weight is 210 g/mol. The second-order valence-electron chi connectivity index (χ2n) is 2.15. The van der Waals surface area contributed by atoms with Crippen LogP contribution in [0, 0.1) is 0 Å². The van der Waals surface area contributed by atoms with Crippen LogP contribution in [0.5, 0.6) is 0 Å². The monoisotopic (exact) mass is 210 g/mol. The number of oxazole rings is 1. The lowest BCUT2D eigenvalue weighted by Crippen LogP contribution is -1.80. The van der Waals surface area contributed by atoms with Crippen molar-refractivity contribution in [2.45, 2.75) is 0 Å². The van der Waals surface area contributed by atoms with E-state index < -0.39 is 0 Å². The molecule has 3 heterocycles. The first-order chi connectivity index (χ1) is 7.50. The van der Waals surface area contributed by atoms with Gasteiger partial charge in [0.2, 0.25) is 0 Å². The van der Waals surface area contributed by atoms with Crippen LogP contribution in [0.2, 0.25) is 0 Å². The van der Waals surface area contributed by atoms with E-state index in [1.807, 2.05) is 0 Å². The van der Waals surface area contributed by atoms with Gasteiger partial charge in [-0.25, -0.2) is 4.98 Å². The van der Waals surface area contributed by atoms with Crippen LogP contribution >= 0.6 is 0 Å². The largest absolute Gasteiger partial charge is 0.482 e. The lowest BCUT2D eigenvalue weighted by molar-refractivity contribution is 0.361. The van der Waals surface area contributed by atoms with Gasteiger partial charge in [0.05, 0.1) is 18.9 Å². The molecule has 0 aromatic carbocycles. The molecule has 2 aromatic heterocycles. The summed E-state index contributed by atoms with van der Waals surface area (Å²) in [6.07, 6.45) is 8.83. The number of ether oxygens (including phenoxy) is 1. The zero-order chi connectivity index (χ0) is 10.6. The lowest BCUT2D eigenvalue weighted by atomic mass is 10.8. The molecule has 0 amide bonds. The van der Waals surface area contributed by atoms with Gasteiger partial charge in [-0.1, -0.05) is 0 Å². The van der Waals surface area contributed by atoms with E-state index in [9.17, 15) is 0 Å². The molecule has 0 fully saturated rings. The summed E-state index contributed by atoms with van der Waals surface area (Å²) < 4.78 is 13.3. The average Bonchev–Trinajstić information content (AvgIpc) is 3.09. The van der Waals surface area contributed by atoms with E-state index in [1.165, 1.54) is 31.5 Å². The SMILES string of the molecule is C1=NCCO1.c1cocn1.c1conn1.